The van der Waals surface area contributed by atoms with Crippen molar-refractivity contribution in [3.63, 3.8) is 0 Å². The number of benzene rings is 2. The second-order valence-corrected chi connectivity index (χ2v) is 6.01. The Morgan fingerprint density at radius 2 is 2.00 bits per heavy atom. The number of rotatable bonds is 8. The van der Waals surface area contributed by atoms with E-state index in [0.717, 1.165) is 11.7 Å². The minimum atomic E-state index is -0.517. The van der Waals surface area contributed by atoms with Crippen LogP contribution in [0.2, 0.25) is 0 Å². The predicted molar refractivity (Wildman–Crippen MR) is 103 cm³/mol. The summed E-state index contributed by atoms with van der Waals surface area (Å²) in [5.74, 6) is -0.338. The number of hydrogen-bond acceptors (Lipinski definition) is 9. The maximum atomic E-state index is 12.3. The van der Waals surface area contributed by atoms with Gasteiger partial charge in [-0.25, -0.2) is 0 Å². The van der Waals surface area contributed by atoms with Gasteiger partial charge >= 0.3 is 0 Å². The molecule has 1 amide bonds. The maximum absolute atomic E-state index is 12.3. The van der Waals surface area contributed by atoms with E-state index < -0.39 is 4.92 Å². The number of aliphatic hydroxyl groups is 1. The molecule has 0 atom stereocenters. The van der Waals surface area contributed by atoms with Gasteiger partial charge in [-0.3, -0.25) is 14.9 Å². The standard InChI is InChI=1S/C16H16N6O4S/c23-7-6-17-11-5-4-10(22(25)26)8-14(11)18-9-15(24)19-12-2-1-3-13-16(12)21-27-20-13/h1-5,8,17-18,23H,6-7,9H2,(H,19,24). The largest absolute Gasteiger partial charge is 0.395 e. The minimum Gasteiger partial charge on any atom is -0.395 e. The summed E-state index contributed by atoms with van der Waals surface area (Å²) in [6, 6.07) is 9.50. The molecule has 4 N–H and O–H groups in total. The van der Waals surface area contributed by atoms with E-state index >= 15 is 0 Å². The predicted octanol–water partition coefficient (Wildman–Crippen LogP) is 2.05. The van der Waals surface area contributed by atoms with Gasteiger partial charge in [-0.15, -0.1) is 0 Å². The Labute approximate surface area is 157 Å². The number of carbonyl (C=O) groups excluding carboxylic acids is 1. The zero-order valence-electron chi connectivity index (χ0n) is 14.0. The van der Waals surface area contributed by atoms with E-state index in [1.54, 1.807) is 18.2 Å². The van der Waals surface area contributed by atoms with E-state index in [2.05, 4.69) is 24.7 Å². The molecule has 0 unspecified atom stereocenters. The van der Waals surface area contributed by atoms with Gasteiger partial charge in [-0.05, 0) is 18.2 Å². The van der Waals surface area contributed by atoms with Gasteiger partial charge in [0.25, 0.3) is 5.69 Å². The minimum absolute atomic E-state index is 0.0946. The third-order valence-electron chi connectivity index (χ3n) is 3.64. The second-order valence-electron chi connectivity index (χ2n) is 5.48. The van der Waals surface area contributed by atoms with Crippen molar-refractivity contribution >= 4 is 51.4 Å². The summed E-state index contributed by atoms with van der Waals surface area (Å²) in [7, 11) is 0. The normalized spacial score (nSPS) is 10.6. The monoisotopic (exact) mass is 388 g/mol. The summed E-state index contributed by atoms with van der Waals surface area (Å²) in [6.07, 6.45) is 0. The highest BCUT2D eigenvalue weighted by atomic mass is 32.1. The molecule has 0 bridgehead atoms. The van der Waals surface area contributed by atoms with Crippen molar-refractivity contribution in [2.24, 2.45) is 0 Å². The number of aromatic nitrogens is 2. The maximum Gasteiger partial charge on any atom is 0.271 e. The second kappa shape index (κ2) is 8.38. The summed E-state index contributed by atoms with van der Waals surface area (Å²) < 4.78 is 8.27. The smallest absolute Gasteiger partial charge is 0.271 e. The molecular weight excluding hydrogens is 372 g/mol. The third kappa shape index (κ3) is 4.46. The molecule has 0 aliphatic heterocycles. The summed E-state index contributed by atoms with van der Waals surface area (Å²) in [4.78, 5) is 22.7. The van der Waals surface area contributed by atoms with E-state index in [4.69, 9.17) is 5.11 Å². The molecule has 10 nitrogen and oxygen atoms in total. The molecule has 11 heteroatoms. The molecular formula is C16H16N6O4S. The molecule has 1 aromatic heterocycles. The van der Waals surface area contributed by atoms with Crippen molar-refractivity contribution in [1.29, 1.82) is 0 Å². The van der Waals surface area contributed by atoms with Gasteiger partial charge < -0.3 is 21.1 Å². The van der Waals surface area contributed by atoms with Crippen LogP contribution in [0.15, 0.2) is 36.4 Å². The van der Waals surface area contributed by atoms with Crippen LogP contribution in [0.4, 0.5) is 22.7 Å². The van der Waals surface area contributed by atoms with Gasteiger partial charge in [0.15, 0.2) is 0 Å². The SMILES string of the molecule is O=C(CNc1cc([N+](=O)[O-])ccc1NCCO)Nc1cccc2nsnc12. The van der Waals surface area contributed by atoms with Crippen LogP contribution in [0, 0.1) is 10.1 Å². The Hall–Kier alpha value is -3.31. The van der Waals surface area contributed by atoms with Crippen LogP contribution in [0.1, 0.15) is 0 Å². The number of anilines is 3. The van der Waals surface area contributed by atoms with E-state index in [1.807, 2.05) is 0 Å². The number of nitrogens with zero attached hydrogens (tertiary/aromatic N) is 3. The summed E-state index contributed by atoms with van der Waals surface area (Å²) in [5.41, 5.74) is 2.68. The fourth-order valence-corrected chi connectivity index (χ4v) is 2.96. The number of non-ortho nitro benzene ring substituents is 1. The van der Waals surface area contributed by atoms with Crippen LogP contribution in [0.5, 0.6) is 0 Å². The van der Waals surface area contributed by atoms with Crippen molar-refractivity contribution in [3.05, 3.63) is 46.5 Å². The number of nitro benzene ring substituents is 1. The fraction of sp³-hybridized carbons (Fsp3) is 0.188. The first-order valence-corrected chi connectivity index (χ1v) is 8.69. The Morgan fingerprint density at radius 3 is 2.78 bits per heavy atom. The number of amides is 1. The zero-order valence-corrected chi connectivity index (χ0v) is 14.8. The van der Waals surface area contributed by atoms with Gasteiger partial charge in [0.1, 0.15) is 11.0 Å². The highest BCUT2D eigenvalue weighted by Gasteiger charge is 2.13. The Kier molecular flexibility index (Phi) is 5.74. The molecule has 27 heavy (non-hydrogen) atoms. The average molecular weight is 388 g/mol. The van der Waals surface area contributed by atoms with Crippen molar-refractivity contribution in [3.8, 4) is 0 Å². The molecule has 0 spiro atoms. The fourth-order valence-electron chi connectivity index (χ4n) is 2.41. The van der Waals surface area contributed by atoms with Crippen LogP contribution in [-0.2, 0) is 4.79 Å². The zero-order chi connectivity index (χ0) is 19.2. The Balaban J connectivity index is 1.71. The van der Waals surface area contributed by atoms with Crippen LogP contribution in [0.25, 0.3) is 11.0 Å². The first kappa shape index (κ1) is 18.5. The lowest BCUT2D eigenvalue weighted by molar-refractivity contribution is -0.384. The number of fused-ring (bicyclic) bond motifs is 1. The van der Waals surface area contributed by atoms with Crippen LogP contribution in [0.3, 0.4) is 0 Å². The summed E-state index contributed by atoms with van der Waals surface area (Å²) in [6.45, 7) is 0.0725. The third-order valence-corrected chi connectivity index (χ3v) is 4.18. The van der Waals surface area contributed by atoms with Gasteiger partial charge in [0, 0.05) is 18.7 Å². The molecule has 3 aromatic rings. The molecule has 0 aliphatic carbocycles. The number of nitro groups is 1. The molecule has 0 fully saturated rings. The lowest BCUT2D eigenvalue weighted by Crippen LogP contribution is -2.22. The van der Waals surface area contributed by atoms with Gasteiger partial charge in [0.05, 0.1) is 46.9 Å². The van der Waals surface area contributed by atoms with E-state index in [-0.39, 0.29) is 31.3 Å². The topological polar surface area (TPSA) is 142 Å². The van der Waals surface area contributed by atoms with E-state index in [0.29, 0.717) is 28.1 Å². The van der Waals surface area contributed by atoms with Crippen molar-refractivity contribution < 1.29 is 14.8 Å². The first-order chi connectivity index (χ1) is 13.1. The molecule has 0 aliphatic rings. The quantitative estimate of drug-likeness (QED) is 0.339. The molecule has 2 aromatic carbocycles. The van der Waals surface area contributed by atoms with Crippen molar-refractivity contribution in [1.82, 2.24) is 8.75 Å². The molecule has 0 saturated carbocycles. The Morgan fingerprint density at radius 1 is 1.15 bits per heavy atom. The molecule has 140 valence electrons. The number of hydrogen-bond donors (Lipinski definition) is 4. The van der Waals surface area contributed by atoms with Gasteiger partial charge in [-0.2, -0.15) is 8.75 Å². The summed E-state index contributed by atoms with van der Waals surface area (Å²) >= 11 is 1.06. The van der Waals surface area contributed by atoms with Gasteiger partial charge in [0.2, 0.25) is 5.91 Å². The van der Waals surface area contributed by atoms with Crippen LogP contribution < -0.4 is 16.0 Å². The average Bonchev–Trinajstić information content (AvgIpc) is 3.14. The van der Waals surface area contributed by atoms with E-state index in [1.165, 1.54) is 18.2 Å². The molecule has 1 heterocycles. The molecule has 0 saturated heterocycles. The van der Waals surface area contributed by atoms with E-state index in [9.17, 15) is 14.9 Å². The molecule has 3 rings (SSSR count). The van der Waals surface area contributed by atoms with Crippen molar-refractivity contribution in [2.75, 3.05) is 35.6 Å². The molecule has 0 radical (unpaired) electrons. The highest BCUT2D eigenvalue weighted by molar-refractivity contribution is 7.00. The lowest BCUT2D eigenvalue weighted by Gasteiger charge is -2.13. The van der Waals surface area contributed by atoms with Gasteiger partial charge in [-0.1, -0.05) is 6.07 Å². The first-order valence-electron chi connectivity index (χ1n) is 7.96. The number of carbonyl (C=O) groups is 1. The van der Waals surface area contributed by atoms with Crippen LogP contribution in [-0.4, -0.2) is 44.4 Å². The van der Waals surface area contributed by atoms with Crippen molar-refractivity contribution in [2.45, 2.75) is 0 Å². The summed E-state index contributed by atoms with van der Waals surface area (Å²) in [5, 5.41) is 28.5. The highest BCUT2D eigenvalue weighted by Crippen LogP contribution is 2.27. The number of nitrogens with one attached hydrogen (secondary N) is 3. The number of aliphatic hydroxyl groups excluding tert-OH is 1. The van der Waals surface area contributed by atoms with Crippen LogP contribution >= 0.6 is 11.7 Å². The lowest BCUT2D eigenvalue weighted by atomic mass is 10.2. The Bertz CT molecular complexity index is 976.